The molecule has 0 spiro atoms. The molecule has 2 aromatic carbocycles. The molecule has 6 heteroatoms. The van der Waals surface area contributed by atoms with E-state index in [2.05, 4.69) is 5.32 Å². The fourth-order valence-electron chi connectivity index (χ4n) is 3.31. The van der Waals surface area contributed by atoms with E-state index < -0.39 is 0 Å². The molecule has 2 amide bonds. The van der Waals surface area contributed by atoms with Crippen molar-refractivity contribution in [3.8, 4) is 11.5 Å². The van der Waals surface area contributed by atoms with E-state index in [0.29, 0.717) is 35.7 Å². The largest absolute Gasteiger partial charge is 0.497 e. The lowest BCUT2D eigenvalue weighted by molar-refractivity contribution is -0.136. The molecule has 1 N–H and O–H groups in total. The molecule has 3 rings (SSSR count). The maximum atomic E-state index is 13.1. The van der Waals surface area contributed by atoms with Crippen molar-refractivity contribution in [2.24, 2.45) is 0 Å². The molecule has 0 bridgehead atoms. The Bertz CT molecular complexity index is 972. The van der Waals surface area contributed by atoms with E-state index in [-0.39, 0.29) is 17.5 Å². The van der Waals surface area contributed by atoms with Crippen LogP contribution < -0.4 is 14.8 Å². The van der Waals surface area contributed by atoms with Gasteiger partial charge in [-0.05, 0) is 37.0 Å². The molecule has 1 heterocycles. The van der Waals surface area contributed by atoms with E-state index in [1.807, 2.05) is 39.0 Å². The van der Waals surface area contributed by atoms with Gasteiger partial charge in [-0.25, -0.2) is 0 Å². The molecule has 0 saturated heterocycles. The Morgan fingerprint density at radius 3 is 2.10 bits per heavy atom. The van der Waals surface area contributed by atoms with Gasteiger partial charge in [0, 0.05) is 30.4 Å². The number of benzene rings is 2. The number of methoxy groups -OCH3 is 2. The maximum absolute atomic E-state index is 13.1. The summed E-state index contributed by atoms with van der Waals surface area (Å²) in [6.07, 6.45) is 0.692. The zero-order chi connectivity index (χ0) is 21.1. The van der Waals surface area contributed by atoms with Crippen LogP contribution in [-0.4, -0.2) is 37.5 Å². The summed E-state index contributed by atoms with van der Waals surface area (Å²) in [6, 6.07) is 11.0. The number of hydrogen-bond acceptors (Lipinski definition) is 5. The van der Waals surface area contributed by atoms with Crippen LogP contribution in [0.4, 0.5) is 5.69 Å². The number of anilines is 1. The van der Waals surface area contributed by atoms with Gasteiger partial charge >= 0.3 is 0 Å². The number of amides is 2. The second-order valence-electron chi connectivity index (χ2n) is 7.04. The lowest BCUT2D eigenvalue weighted by Gasteiger charge is -2.14. The molecule has 152 valence electrons. The second kappa shape index (κ2) is 8.39. The average Bonchev–Trinajstić information content (AvgIpc) is 2.94. The molecule has 0 fully saturated rings. The number of nitrogens with one attached hydrogen (secondary N) is 1. The van der Waals surface area contributed by atoms with Crippen molar-refractivity contribution in [3.05, 3.63) is 58.8 Å². The SMILES string of the molecule is CCCN1C(=O)C(Nc2cc(OC)cc(OC)c2)=C(c2ccc(C)c(C)c2)C1=O. The van der Waals surface area contributed by atoms with Crippen LogP contribution in [0.3, 0.4) is 0 Å². The minimum atomic E-state index is -0.327. The van der Waals surface area contributed by atoms with Crippen LogP contribution in [0.25, 0.3) is 5.57 Å². The number of imide groups is 1. The van der Waals surface area contributed by atoms with Crippen LogP contribution in [0, 0.1) is 13.8 Å². The van der Waals surface area contributed by atoms with Crippen molar-refractivity contribution < 1.29 is 19.1 Å². The third-order valence-corrected chi connectivity index (χ3v) is 5.03. The zero-order valence-corrected chi connectivity index (χ0v) is 17.5. The van der Waals surface area contributed by atoms with Gasteiger partial charge in [-0.2, -0.15) is 0 Å². The number of carbonyl (C=O) groups is 2. The molecule has 6 nitrogen and oxygen atoms in total. The van der Waals surface area contributed by atoms with Gasteiger partial charge in [0.25, 0.3) is 11.8 Å². The van der Waals surface area contributed by atoms with Gasteiger partial charge in [-0.3, -0.25) is 14.5 Å². The van der Waals surface area contributed by atoms with Crippen molar-refractivity contribution in [3.63, 3.8) is 0 Å². The summed E-state index contributed by atoms with van der Waals surface area (Å²) in [5.74, 6) is 0.564. The van der Waals surface area contributed by atoms with Gasteiger partial charge in [0.1, 0.15) is 17.2 Å². The Hall–Kier alpha value is -3.28. The minimum Gasteiger partial charge on any atom is -0.497 e. The summed E-state index contributed by atoms with van der Waals surface area (Å²) in [6.45, 7) is 6.32. The van der Waals surface area contributed by atoms with Crippen LogP contribution in [0.15, 0.2) is 42.1 Å². The Labute approximate surface area is 171 Å². The molecule has 0 aromatic heterocycles. The summed E-state index contributed by atoms with van der Waals surface area (Å²) in [5.41, 5.74) is 4.17. The number of ether oxygens (including phenoxy) is 2. The zero-order valence-electron chi connectivity index (χ0n) is 17.5. The number of nitrogens with zero attached hydrogens (tertiary/aromatic N) is 1. The minimum absolute atomic E-state index is 0.266. The van der Waals surface area contributed by atoms with Gasteiger partial charge in [0.15, 0.2) is 0 Å². The van der Waals surface area contributed by atoms with Crippen LogP contribution in [0.5, 0.6) is 11.5 Å². The van der Waals surface area contributed by atoms with E-state index in [4.69, 9.17) is 9.47 Å². The normalized spacial score (nSPS) is 13.9. The Morgan fingerprint density at radius 1 is 0.897 bits per heavy atom. The average molecular weight is 394 g/mol. The van der Waals surface area contributed by atoms with Crippen molar-refractivity contribution in [2.45, 2.75) is 27.2 Å². The van der Waals surface area contributed by atoms with Crippen LogP contribution in [-0.2, 0) is 9.59 Å². The molecule has 1 aliphatic rings. The lowest BCUT2D eigenvalue weighted by atomic mass is 9.99. The number of carbonyl (C=O) groups excluding carboxylic acids is 2. The second-order valence-corrected chi connectivity index (χ2v) is 7.04. The molecule has 0 atom stereocenters. The number of hydrogen-bond donors (Lipinski definition) is 1. The highest BCUT2D eigenvalue weighted by molar-refractivity contribution is 6.36. The smallest absolute Gasteiger partial charge is 0.278 e. The number of aryl methyl sites for hydroxylation is 2. The monoisotopic (exact) mass is 394 g/mol. The molecular formula is C23H26N2O4. The molecule has 0 radical (unpaired) electrons. The molecule has 0 aliphatic carbocycles. The van der Waals surface area contributed by atoms with Gasteiger partial charge in [-0.1, -0.05) is 25.1 Å². The topological polar surface area (TPSA) is 67.9 Å². The van der Waals surface area contributed by atoms with Crippen molar-refractivity contribution >= 4 is 23.1 Å². The van der Waals surface area contributed by atoms with Crippen LogP contribution in [0.1, 0.15) is 30.0 Å². The van der Waals surface area contributed by atoms with Crippen LogP contribution >= 0.6 is 0 Å². The van der Waals surface area contributed by atoms with Crippen molar-refractivity contribution in [1.82, 2.24) is 4.90 Å². The lowest BCUT2D eigenvalue weighted by Crippen LogP contribution is -2.33. The highest BCUT2D eigenvalue weighted by Gasteiger charge is 2.38. The molecule has 0 saturated carbocycles. The molecule has 0 unspecified atom stereocenters. The van der Waals surface area contributed by atoms with E-state index in [9.17, 15) is 9.59 Å². The van der Waals surface area contributed by atoms with Crippen LogP contribution in [0.2, 0.25) is 0 Å². The number of rotatable bonds is 7. The van der Waals surface area contributed by atoms with Crippen molar-refractivity contribution in [1.29, 1.82) is 0 Å². The molecule has 2 aromatic rings. The quantitative estimate of drug-likeness (QED) is 0.721. The Kier molecular flexibility index (Phi) is 5.92. The maximum Gasteiger partial charge on any atom is 0.278 e. The van der Waals surface area contributed by atoms with Gasteiger partial charge in [-0.15, -0.1) is 0 Å². The highest BCUT2D eigenvalue weighted by Crippen LogP contribution is 2.33. The van der Waals surface area contributed by atoms with Gasteiger partial charge in [0.05, 0.1) is 19.8 Å². The first-order chi connectivity index (χ1) is 13.9. The summed E-state index contributed by atoms with van der Waals surface area (Å²) in [5, 5.41) is 3.15. The predicted molar refractivity (Wildman–Crippen MR) is 113 cm³/mol. The van der Waals surface area contributed by atoms with Gasteiger partial charge in [0.2, 0.25) is 0 Å². The molecule has 1 aliphatic heterocycles. The summed E-state index contributed by atoms with van der Waals surface area (Å²) in [4.78, 5) is 27.5. The van der Waals surface area contributed by atoms with E-state index >= 15 is 0 Å². The first kappa shape index (κ1) is 20.5. The molecular weight excluding hydrogens is 368 g/mol. The first-order valence-electron chi connectivity index (χ1n) is 9.57. The van der Waals surface area contributed by atoms with Gasteiger partial charge < -0.3 is 14.8 Å². The standard InChI is InChI=1S/C23H26N2O4/c1-6-9-25-22(26)20(16-8-7-14(2)15(3)10-16)21(23(25)27)24-17-11-18(28-4)13-19(12-17)29-5/h7-8,10-13,24H,6,9H2,1-5H3. The fourth-order valence-corrected chi connectivity index (χ4v) is 3.31. The van der Waals surface area contributed by atoms with Crippen molar-refractivity contribution in [2.75, 3.05) is 26.1 Å². The van der Waals surface area contributed by atoms with E-state index in [0.717, 1.165) is 16.7 Å². The summed E-state index contributed by atoms with van der Waals surface area (Å²) in [7, 11) is 3.12. The highest BCUT2D eigenvalue weighted by atomic mass is 16.5. The summed E-state index contributed by atoms with van der Waals surface area (Å²) < 4.78 is 10.6. The van der Waals surface area contributed by atoms with E-state index in [1.165, 1.54) is 4.90 Å². The first-order valence-corrected chi connectivity index (χ1v) is 9.57. The summed E-state index contributed by atoms with van der Waals surface area (Å²) >= 11 is 0. The fraction of sp³-hybridized carbons (Fsp3) is 0.304. The Balaban J connectivity index is 2.11. The third kappa shape index (κ3) is 3.97. The molecule has 29 heavy (non-hydrogen) atoms. The third-order valence-electron chi connectivity index (χ3n) is 5.03. The predicted octanol–water partition coefficient (Wildman–Crippen LogP) is 3.92. The van der Waals surface area contributed by atoms with E-state index in [1.54, 1.807) is 32.4 Å². The Morgan fingerprint density at radius 2 is 1.55 bits per heavy atom.